The molecule has 2 aliphatic rings. The number of piperazine rings is 1. The summed E-state index contributed by atoms with van der Waals surface area (Å²) in [7, 11) is -3.45. The van der Waals surface area contributed by atoms with Gasteiger partial charge in [0.15, 0.2) is 0 Å². The molecule has 0 unspecified atom stereocenters. The second-order valence-corrected chi connectivity index (χ2v) is 7.97. The molecule has 0 amide bonds. The molecule has 2 fully saturated rings. The third kappa shape index (κ3) is 4.41. The van der Waals surface area contributed by atoms with Crippen LogP contribution in [0.25, 0.3) is 0 Å². The first-order chi connectivity index (χ1) is 11.1. The van der Waals surface area contributed by atoms with Gasteiger partial charge in [0, 0.05) is 45.5 Å². The molecular formula is C15H24N4O3S. The number of sulfonamides is 1. The zero-order valence-electron chi connectivity index (χ0n) is 13.2. The fraction of sp³-hybridized carbons (Fsp3) is 0.667. The Balaban J connectivity index is 1.58. The van der Waals surface area contributed by atoms with E-state index in [1.807, 2.05) is 0 Å². The van der Waals surface area contributed by atoms with E-state index in [9.17, 15) is 8.42 Å². The van der Waals surface area contributed by atoms with Crippen LogP contribution in [0, 0.1) is 5.92 Å². The van der Waals surface area contributed by atoms with Crippen LogP contribution < -0.4 is 9.62 Å². The van der Waals surface area contributed by atoms with Crippen molar-refractivity contribution in [3.05, 3.63) is 18.3 Å². The highest BCUT2D eigenvalue weighted by Crippen LogP contribution is 2.28. The van der Waals surface area contributed by atoms with Crippen LogP contribution in [0.4, 0.5) is 5.82 Å². The summed E-state index contributed by atoms with van der Waals surface area (Å²) in [4.78, 5) is 8.89. The Morgan fingerprint density at radius 2 is 1.96 bits per heavy atom. The first-order valence-corrected chi connectivity index (χ1v) is 9.61. The van der Waals surface area contributed by atoms with Gasteiger partial charge in [0.2, 0.25) is 10.0 Å². The number of rotatable bonds is 7. The average molecular weight is 340 g/mol. The summed E-state index contributed by atoms with van der Waals surface area (Å²) in [5.41, 5.74) is 0. The zero-order valence-corrected chi connectivity index (χ0v) is 14.0. The van der Waals surface area contributed by atoms with E-state index in [0.29, 0.717) is 19.0 Å². The van der Waals surface area contributed by atoms with E-state index in [2.05, 4.69) is 19.5 Å². The lowest BCUT2D eigenvalue weighted by molar-refractivity contribution is 0.188. The second-order valence-electron chi connectivity index (χ2n) is 6.20. The topological polar surface area (TPSA) is 85.8 Å². The normalized spacial score (nSPS) is 20.0. The molecule has 1 aromatic heterocycles. The summed E-state index contributed by atoms with van der Waals surface area (Å²) in [5.74, 6) is 1.31. The molecule has 1 aliphatic heterocycles. The molecule has 0 bridgehead atoms. The van der Waals surface area contributed by atoms with Gasteiger partial charge in [0.1, 0.15) is 10.7 Å². The standard InChI is InChI=1S/C15H24N4O3S/c20-10-9-18-5-7-19(8-6-18)15-4-3-14(12-16-15)23(21,22)17-11-13-1-2-13/h3-4,12-13,17,20H,1-2,5-11H2. The summed E-state index contributed by atoms with van der Waals surface area (Å²) in [6.45, 7) is 4.83. The minimum Gasteiger partial charge on any atom is -0.395 e. The predicted molar refractivity (Wildman–Crippen MR) is 87.9 cm³/mol. The molecule has 1 aromatic rings. The maximum Gasteiger partial charge on any atom is 0.242 e. The van der Waals surface area contributed by atoms with Crippen LogP contribution in [0.2, 0.25) is 0 Å². The third-order valence-electron chi connectivity index (χ3n) is 4.40. The quantitative estimate of drug-likeness (QED) is 0.720. The molecule has 7 nitrogen and oxygen atoms in total. The maximum atomic E-state index is 12.2. The number of pyridine rings is 1. The summed E-state index contributed by atoms with van der Waals surface area (Å²) in [5, 5.41) is 8.96. The average Bonchev–Trinajstić information content (AvgIpc) is 3.39. The van der Waals surface area contributed by atoms with Crippen LogP contribution in [0.3, 0.4) is 0 Å². The van der Waals surface area contributed by atoms with Gasteiger partial charge in [-0.15, -0.1) is 0 Å². The molecule has 2 N–H and O–H groups in total. The Morgan fingerprint density at radius 3 is 2.52 bits per heavy atom. The number of β-amino-alcohol motifs (C(OH)–C–C–N with tert-alkyl or cyclic N) is 1. The molecule has 2 heterocycles. The molecule has 128 valence electrons. The van der Waals surface area contributed by atoms with Gasteiger partial charge < -0.3 is 10.0 Å². The monoisotopic (exact) mass is 340 g/mol. The van der Waals surface area contributed by atoms with Gasteiger partial charge in [0.05, 0.1) is 6.61 Å². The largest absolute Gasteiger partial charge is 0.395 e. The van der Waals surface area contributed by atoms with Gasteiger partial charge in [-0.3, -0.25) is 4.90 Å². The summed E-state index contributed by atoms with van der Waals surface area (Å²) < 4.78 is 27.0. The van der Waals surface area contributed by atoms with Crippen LogP contribution in [-0.2, 0) is 10.0 Å². The van der Waals surface area contributed by atoms with E-state index in [4.69, 9.17) is 5.11 Å². The van der Waals surface area contributed by atoms with Crippen LogP contribution in [0.15, 0.2) is 23.2 Å². The Bertz CT molecular complexity index is 608. The highest BCUT2D eigenvalue weighted by molar-refractivity contribution is 7.89. The number of hydrogen-bond donors (Lipinski definition) is 2. The lowest BCUT2D eigenvalue weighted by Crippen LogP contribution is -2.47. The van der Waals surface area contributed by atoms with E-state index < -0.39 is 10.0 Å². The van der Waals surface area contributed by atoms with Crippen LogP contribution in [-0.4, -0.2) is 69.3 Å². The van der Waals surface area contributed by atoms with Crippen LogP contribution >= 0.6 is 0 Å². The molecule has 0 radical (unpaired) electrons. The van der Waals surface area contributed by atoms with Gasteiger partial charge in [-0.05, 0) is 30.9 Å². The Hall–Kier alpha value is -1.22. The lowest BCUT2D eigenvalue weighted by Gasteiger charge is -2.35. The summed E-state index contributed by atoms with van der Waals surface area (Å²) >= 11 is 0. The van der Waals surface area contributed by atoms with Crippen LogP contribution in [0.1, 0.15) is 12.8 Å². The van der Waals surface area contributed by atoms with Crippen molar-refractivity contribution in [1.29, 1.82) is 0 Å². The highest BCUT2D eigenvalue weighted by atomic mass is 32.2. The minimum atomic E-state index is -3.45. The first kappa shape index (κ1) is 16.6. The number of nitrogens with zero attached hydrogens (tertiary/aromatic N) is 3. The third-order valence-corrected chi connectivity index (χ3v) is 5.81. The van der Waals surface area contributed by atoms with Gasteiger partial charge in [-0.25, -0.2) is 18.1 Å². The number of nitrogens with one attached hydrogen (secondary N) is 1. The molecule has 0 atom stereocenters. The lowest BCUT2D eigenvalue weighted by atomic mass is 10.3. The smallest absolute Gasteiger partial charge is 0.242 e. The van der Waals surface area contributed by atoms with Crippen molar-refractivity contribution >= 4 is 15.8 Å². The SMILES string of the molecule is O=S(=O)(NCC1CC1)c1ccc(N2CCN(CCO)CC2)nc1. The number of aliphatic hydroxyl groups is 1. The molecule has 0 aromatic carbocycles. The minimum absolute atomic E-state index is 0.179. The van der Waals surface area contributed by atoms with Crippen LogP contribution in [0.5, 0.6) is 0 Å². The van der Waals surface area contributed by atoms with Crippen molar-refractivity contribution in [3.63, 3.8) is 0 Å². The van der Waals surface area contributed by atoms with Crippen molar-refractivity contribution in [3.8, 4) is 0 Å². The van der Waals surface area contributed by atoms with Crippen molar-refractivity contribution < 1.29 is 13.5 Å². The van der Waals surface area contributed by atoms with Gasteiger partial charge in [0.25, 0.3) is 0 Å². The Morgan fingerprint density at radius 1 is 1.22 bits per heavy atom. The molecule has 1 saturated carbocycles. The molecule has 0 spiro atoms. The van der Waals surface area contributed by atoms with E-state index in [0.717, 1.165) is 44.8 Å². The number of aromatic nitrogens is 1. The summed E-state index contributed by atoms with van der Waals surface area (Å²) in [6, 6.07) is 3.39. The van der Waals surface area contributed by atoms with E-state index >= 15 is 0 Å². The fourth-order valence-corrected chi connectivity index (χ4v) is 3.75. The van der Waals surface area contributed by atoms with Gasteiger partial charge in [-0.2, -0.15) is 0 Å². The van der Waals surface area contributed by atoms with Crippen molar-refractivity contribution in [2.45, 2.75) is 17.7 Å². The molecule has 1 aliphatic carbocycles. The maximum absolute atomic E-state index is 12.2. The van der Waals surface area contributed by atoms with Crippen molar-refractivity contribution in [2.24, 2.45) is 5.92 Å². The molecule has 8 heteroatoms. The van der Waals surface area contributed by atoms with E-state index in [1.54, 1.807) is 12.1 Å². The highest BCUT2D eigenvalue weighted by Gasteiger charge is 2.24. The Labute approximate surface area is 137 Å². The van der Waals surface area contributed by atoms with Gasteiger partial charge >= 0.3 is 0 Å². The molecule has 23 heavy (non-hydrogen) atoms. The Kier molecular flexibility index (Phi) is 5.15. The van der Waals surface area contributed by atoms with Gasteiger partial charge in [-0.1, -0.05) is 0 Å². The predicted octanol–water partition coefficient (Wildman–Crippen LogP) is -0.116. The number of hydrogen-bond acceptors (Lipinski definition) is 6. The van der Waals surface area contributed by atoms with Crippen molar-refractivity contribution in [1.82, 2.24) is 14.6 Å². The summed E-state index contributed by atoms with van der Waals surface area (Å²) in [6.07, 6.45) is 3.66. The molecule has 3 rings (SSSR count). The second kappa shape index (κ2) is 7.12. The van der Waals surface area contributed by atoms with E-state index in [1.165, 1.54) is 6.20 Å². The zero-order chi connectivity index (χ0) is 16.3. The molecule has 1 saturated heterocycles. The first-order valence-electron chi connectivity index (χ1n) is 8.12. The number of anilines is 1. The number of aliphatic hydroxyl groups excluding tert-OH is 1. The van der Waals surface area contributed by atoms with Crippen molar-refractivity contribution in [2.75, 3.05) is 50.8 Å². The fourth-order valence-electron chi connectivity index (χ4n) is 2.69. The molecular weight excluding hydrogens is 316 g/mol. The van der Waals surface area contributed by atoms with E-state index in [-0.39, 0.29) is 11.5 Å².